The SMILES string of the molecule is Cc1cc(=O)[nH]c(SCC(C)CBr)n1. The maximum absolute atomic E-state index is 11.1. The van der Waals surface area contributed by atoms with Gasteiger partial charge in [0, 0.05) is 22.8 Å². The van der Waals surface area contributed by atoms with Gasteiger partial charge in [-0.05, 0) is 12.8 Å². The number of aromatic nitrogens is 2. The van der Waals surface area contributed by atoms with Crippen molar-refractivity contribution in [3.05, 3.63) is 22.1 Å². The summed E-state index contributed by atoms with van der Waals surface area (Å²) in [4.78, 5) is 18.0. The number of thioether (sulfide) groups is 1. The Morgan fingerprint density at radius 3 is 3.00 bits per heavy atom. The summed E-state index contributed by atoms with van der Waals surface area (Å²) < 4.78 is 0. The monoisotopic (exact) mass is 276 g/mol. The van der Waals surface area contributed by atoms with Crippen molar-refractivity contribution in [3.8, 4) is 0 Å². The summed E-state index contributed by atoms with van der Waals surface area (Å²) in [6.07, 6.45) is 0. The molecule has 0 saturated heterocycles. The van der Waals surface area contributed by atoms with E-state index in [0.717, 1.165) is 16.8 Å². The number of hydrogen-bond donors (Lipinski definition) is 1. The predicted octanol–water partition coefficient (Wildman–Crippen LogP) is 2.20. The van der Waals surface area contributed by atoms with Crippen LogP contribution in [0.3, 0.4) is 0 Å². The Morgan fingerprint density at radius 2 is 2.43 bits per heavy atom. The summed E-state index contributed by atoms with van der Waals surface area (Å²) in [5, 5.41) is 1.68. The Hall–Kier alpha value is -0.290. The van der Waals surface area contributed by atoms with Gasteiger partial charge in [0.2, 0.25) is 0 Å². The molecule has 0 aliphatic carbocycles. The first kappa shape index (κ1) is 11.8. The highest BCUT2D eigenvalue weighted by molar-refractivity contribution is 9.09. The van der Waals surface area contributed by atoms with E-state index in [2.05, 4.69) is 32.8 Å². The number of halogens is 1. The number of nitrogens with one attached hydrogen (secondary N) is 1. The van der Waals surface area contributed by atoms with E-state index in [0.29, 0.717) is 11.1 Å². The molecule has 0 aliphatic rings. The minimum atomic E-state index is -0.0773. The molecule has 0 bridgehead atoms. The number of aromatic amines is 1. The zero-order valence-corrected chi connectivity index (χ0v) is 10.6. The van der Waals surface area contributed by atoms with E-state index in [9.17, 15) is 4.79 Å². The minimum absolute atomic E-state index is 0.0773. The van der Waals surface area contributed by atoms with Crippen LogP contribution in [0.2, 0.25) is 0 Å². The molecule has 0 aliphatic heterocycles. The summed E-state index contributed by atoms with van der Waals surface area (Å²) >= 11 is 5.00. The quantitative estimate of drug-likeness (QED) is 0.521. The second-order valence-electron chi connectivity index (χ2n) is 3.26. The van der Waals surface area contributed by atoms with Crippen LogP contribution in [0.5, 0.6) is 0 Å². The number of aryl methyl sites for hydroxylation is 1. The summed E-state index contributed by atoms with van der Waals surface area (Å²) in [7, 11) is 0. The van der Waals surface area contributed by atoms with Crippen LogP contribution in [0, 0.1) is 12.8 Å². The third-order valence-corrected chi connectivity index (χ3v) is 3.92. The molecule has 1 aromatic rings. The largest absolute Gasteiger partial charge is 0.301 e. The smallest absolute Gasteiger partial charge is 0.251 e. The lowest BCUT2D eigenvalue weighted by Crippen LogP contribution is -2.09. The molecule has 1 atom stereocenters. The van der Waals surface area contributed by atoms with Crippen molar-refractivity contribution in [2.75, 3.05) is 11.1 Å². The second-order valence-corrected chi connectivity index (χ2v) is 4.92. The summed E-state index contributed by atoms with van der Waals surface area (Å²) in [6, 6.07) is 1.50. The molecular formula is C9H13BrN2OS. The lowest BCUT2D eigenvalue weighted by atomic mass is 10.3. The van der Waals surface area contributed by atoms with Crippen LogP contribution in [0.15, 0.2) is 16.0 Å². The molecule has 0 spiro atoms. The van der Waals surface area contributed by atoms with E-state index in [4.69, 9.17) is 0 Å². The molecule has 0 fully saturated rings. The average Bonchev–Trinajstić information content (AvgIpc) is 2.12. The Morgan fingerprint density at radius 1 is 1.71 bits per heavy atom. The first-order valence-corrected chi connectivity index (χ1v) is 6.49. The Bertz CT molecular complexity index is 353. The van der Waals surface area contributed by atoms with Crippen LogP contribution in [0.4, 0.5) is 0 Å². The van der Waals surface area contributed by atoms with Crippen LogP contribution in [-0.2, 0) is 0 Å². The third kappa shape index (κ3) is 3.84. The van der Waals surface area contributed by atoms with E-state index < -0.39 is 0 Å². The number of rotatable bonds is 4. The lowest BCUT2D eigenvalue weighted by Gasteiger charge is -2.05. The van der Waals surface area contributed by atoms with E-state index in [-0.39, 0.29) is 5.56 Å². The van der Waals surface area contributed by atoms with Gasteiger partial charge in [0.25, 0.3) is 5.56 Å². The summed E-state index contributed by atoms with van der Waals surface area (Å²) in [5.74, 6) is 1.53. The molecule has 1 unspecified atom stereocenters. The summed E-state index contributed by atoms with van der Waals surface area (Å²) in [5.41, 5.74) is 0.689. The van der Waals surface area contributed by atoms with Gasteiger partial charge in [-0.25, -0.2) is 4.98 Å². The fourth-order valence-corrected chi connectivity index (χ4v) is 2.36. The van der Waals surface area contributed by atoms with Crippen LogP contribution >= 0.6 is 27.7 Å². The summed E-state index contributed by atoms with van der Waals surface area (Å²) in [6.45, 7) is 3.98. The number of hydrogen-bond acceptors (Lipinski definition) is 3. The van der Waals surface area contributed by atoms with Crippen molar-refractivity contribution in [1.82, 2.24) is 9.97 Å². The van der Waals surface area contributed by atoms with E-state index in [1.54, 1.807) is 11.8 Å². The number of alkyl halides is 1. The molecule has 1 aromatic heterocycles. The fourth-order valence-electron chi connectivity index (χ4n) is 0.886. The predicted molar refractivity (Wildman–Crippen MR) is 63.3 cm³/mol. The van der Waals surface area contributed by atoms with Crippen LogP contribution < -0.4 is 5.56 Å². The highest BCUT2D eigenvalue weighted by atomic mass is 79.9. The molecule has 0 saturated carbocycles. The van der Waals surface area contributed by atoms with Crippen LogP contribution in [-0.4, -0.2) is 21.1 Å². The first-order valence-electron chi connectivity index (χ1n) is 4.38. The van der Waals surface area contributed by atoms with Gasteiger partial charge in [-0.15, -0.1) is 0 Å². The molecular weight excluding hydrogens is 264 g/mol. The van der Waals surface area contributed by atoms with E-state index >= 15 is 0 Å². The molecule has 1 N–H and O–H groups in total. The van der Waals surface area contributed by atoms with Crippen molar-refractivity contribution in [3.63, 3.8) is 0 Å². The second kappa shape index (κ2) is 5.56. The molecule has 3 nitrogen and oxygen atoms in total. The lowest BCUT2D eigenvalue weighted by molar-refractivity contribution is 0.766. The molecule has 5 heteroatoms. The van der Waals surface area contributed by atoms with E-state index in [1.165, 1.54) is 6.07 Å². The van der Waals surface area contributed by atoms with Crippen molar-refractivity contribution < 1.29 is 0 Å². The highest BCUT2D eigenvalue weighted by Crippen LogP contribution is 2.16. The van der Waals surface area contributed by atoms with Gasteiger partial charge < -0.3 is 4.98 Å². The molecule has 0 amide bonds. The fraction of sp³-hybridized carbons (Fsp3) is 0.556. The highest BCUT2D eigenvalue weighted by Gasteiger charge is 2.03. The Labute approximate surface area is 95.8 Å². The topological polar surface area (TPSA) is 45.8 Å². The molecule has 78 valence electrons. The molecule has 1 rings (SSSR count). The van der Waals surface area contributed by atoms with Crippen molar-refractivity contribution >= 4 is 27.7 Å². The third-order valence-electron chi connectivity index (χ3n) is 1.62. The Balaban J connectivity index is 2.63. The van der Waals surface area contributed by atoms with Crippen molar-refractivity contribution in [1.29, 1.82) is 0 Å². The maximum atomic E-state index is 11.1. The van der Waals surface area contributed by atoms with Crippen LogP contribution in [0.25, 0.3) is 0 Å². The molecule has 0 aromatic carbocycles. The number of H-pyrrole nitrogens is 1. The van der Waals surface area contributed by atoms with Crippen molar-refractivity contribution in [2.24, 2.45) is 5.92 Å². The van der Waals surface area contributed by atoms with Gasteiger partial charge >= 0.3 is 0 Å². The van der Waals surface area contributed by atoms with Gasteiger partial charge in [0.1, 0.15) is 0 Å². The van der Waals surface area contributed by atoms with Crippen LogP contribution in [0.1, 0.15) is 12.6 Å². The van der Waals surface area contributed by atoms with Gasteiger partial charge in [-0.1, -0.05) is 34.6 Å². The Kier molecular flexibility index (Phi) is 4.68. The normalized spacial score (nSPS) is 12.8. The zero-order chi connectivity index (χ0) is 10.6. The molecule has 0 radical (unpaired) electrons. The minimum Gasteiger partial charge on any atom is -0.301 e. The molecule has 1 heterocycles. The van der Waals surface area contributed by atoms with E-state index in [1.807, 2.05) is 6.92 Å². The molecule has 14 heavy (non-hydrogen) atoms. The maximum Gasteiger partial charge on any atom is 0.251 e. The number of nitrogens with zero attached hydrogens (tertiary/aromatic N) is 1. The van der Waals surface area contributed by atoms with Gasteiger partial charge in [-0.3, -0.25) is 4.79 Å². The van der Waals surface area contributed by atoms with Crippen molar-refractivity contribution in [2.45, 2.75) is 19.0 Å². The zero-order valence-electron chi connectivity index (χ0n) is 8.21. The van der Waals surface area contributed by atoms with Gasteiger partial charge in [0.05, 0.1) is 0 Å². The first-order chi connectivity index (χ1) is 6.61. The van der Waals surface area contributed by atoms with Gasteiger partial charge in [-0.2, -0.15) is 0 Å². The standard InChI is InChI=1S/C9H13BrN2OS/c1-6(4-10)5-14-9-11-7(2)3-8(13)12-9/h3,6H,4-5H2,1-2H3,(H,11,12,13). The van der Waals surface area contributed by atoms with Gasteiger partial charge in [0.15, 0.2) is 5.16 Å². The average molecular weight is 277 g/mol.